The lowest BCUT2D eigenvalue weighted by Crippen LogP contribution is -1.93. The molecule has 0 saturated carbocycles. The summed E-state index contributed by atoms with van der Waals surface area (Å²) in [6.45, 7) is 0. The van der Waals surface area contributed by atoms with Gasteiger partial charge in [-0.2, -0.15) is 0 Å². The third-order valence-electron chi connectivity index (χ3n) is 1.86. The van der Waals surface area contributed by atoms with Gasteiger partial charge in [-0.15, -0.1) is 23.1 Å². The van der Waals surface area contributed by atoms with Gasteiger partial charge in [0.05, 0.1) is 10.4 Å². The Morgan fingerprint density at radius 3 is 2.56 bits per heavy atom. The standard InChI is InChI=1S/C10H8F2N2S2/c11-8-1-6(13)2-9(12)10(8)15-4-7-3-14-5-16-7/h1-3,5H,4,13H2. The zero-order valence-electron chi connectivity index (χ0n) is 8.11. The van der Waals surface area contributed by atoms with E-state index in [-0.39, 0.29) is 10.6 Å². The van der Waals surface area contributed by atoms with Crippen molar-refractivity contribution in [3.63, 3.8) is 0 Å². The molecule has 0 spiro atoms. The number of thioether (sulfide) groups is 1. The van der Waals surface area contributed by atoms with Crippen molar-refractivity contribution < 1.29 is 8.78 Å². The molecule has 2 rings (SSSR count). The molecule has 1 aromatic carbocycles. The van der Waals surface area contributed by atoms with Gasteiger partial charge in [0.15, 0.2) is 0 Å². The van der Waals surface area contributed by atoms with Crippen LogP contribution in [0.5, 0.6) is 0 Å². The SMILES string of the molecule is Nc1cc(F)c(SCc2cncs2)c(F)c1. The van der Waals surface area contributed by atoms with Gasteiger partial charge in [-0.05, 0) is 12.1 Å². The molecule has 0 fully saturated rings. The molecule has 16 heavy (non-hydrogen) atoms. The smallest absolute Gasteiger partial charge is 0.141 e. The Balaban J connectivity index is 2.15. The number of benzene rings is 1. The van der Waals surface area contributed by atoms with Crippen LogP contribution in [0.15, 0.2) is 28.7 Å². The highest BCUT2D eigenvalue weighted by Gasteiger charge is 2.11. The molecule has 2 N–H and O–H groups in total. The Morgan fingerprint density at radius 1 is 1.31 bits per heavy atom. The molecular formula is C10H8F2N2S2. The summed E-state index contributed by atoms with van der Waals surface area (Å²) in [7, 11) is 0. The van der Waals surface area contributed by atoms with Gasteiger partial charge in [-0.25, -0.2) is 8.78 Å². The maximum Gasteiger partial charge on any atom is 0.141 e. The first-order chi connectivity index (χ1) is 7.66. The molecule has 0 atom stereocenters. The van der Waals surface area contributed by atoms with E-state index in [0.717, 1.165) is 28.8 Å². The Hall–Kier alpha value is -1.14. The lowest BCUT2D eigenvalue weighted by Gasteiger charge is -2.04. The van der Waals surface area contributed by atoms with E-state index in [0.29, 0.717) is 5.75 Å². The lowest BCUT2D eigenvalue weighted by molar-refractivity contribution is 0.542. The van der Waals surface area contributed by atoms with Gasteiger partial charge < -0.3 is 5.73 Å². The van der Waals surface area contributed by atoms with Crippen LogP contribution in [-0.4, -0.2) is 4.98 Å². The normalized spacial score (nSPS) is 10.6. The maximum atomic E-state index is 13.4. The van der Waals surface area contributed by atoms with Crippen molar-refractivity contribution in [2.24, 2.45) is 0 Å². The van der Waals surface area contributed by atoms with Crippen molar-refractivity contribution in [3.05, 3.63) is 40.4 Å². The number of halogens is 2. The van der Waals surface area contributed by atoms with Gasteiger partial charge in [0.2, 0.25) is 0 Å². The third-order valence-corrected chi connectivity index (χ3v) is 3.96. The Labute approximate surface area is 99.5 Å². The monoisotopic (exact) mass is 258 g/mol. The van der Waals surface area contributed by atoms with Gasteiger partial charge in [-0.3, -0.25) is 4.98 Å². The predicted molar refractivity (Wildman–Crippen MR) is 62.4 cm³/mol. The average molecular weight is 258 g/mol. The largest absolute Gasteiger partial charge is 0.399 e. The summed E-state index contributed by atoms with van der Waals surface area (Å²) in [6, 6.07) is 2.25. The van der Waals surface area contributed by atoms with Crippen LogP contribution in [0.2, 0.25) is 0 Å². The van der Waals surface area contributed by atoms with Crippen molar-refractivity contribution in [1.29, 1.82) is 0 Å². The molecule has 0 aliphatic heterocycles. The zero-order chi connectivity index (χ0) is 11.5. The van der Waals surface area contributed by atoms with Crippen LogP contribution in [-0.2, 0) is 5.75 Å². The van der Waals surface area contributed by atoms with Crippen molar-refractivity contribution in [2.45, 2.75) is 10.6 Å². The van der Waals surface area contributed by atoms with E-state index < -0.39 is 11.6 Å². The van der Waals surface area contributed by atoms with Crippen molar-refractivity contribution in [2.75, 3.05) is 5.73 Å². The Bertz CT molecular complexity index is 463. The second-order valence-corrected chi connectivity index (χ2v) is 5.03. The van der Waals surface area contributed by atoms with Gasteiger partial charge in [-0.1, -0.05) is 0 Å². The summed E-state index contributed by atoms with van der Waals surface area (Å²) in [6.07, 6.45) is 1.69. The molecule has 1 heterocycles. The van der Waals surface area contributed by atoms with Gasteiger partial charge in [0.1, 0.15) is 11.6 Å². The number of rotatable bonds is 3. The number of thiazole rings is 1. The highest BCUT2D eigenvalue weighted by atomic mass is 32.2. The van der Waals surface area contributed by atoms with Crippen LogP contribution >= 0.6 is 23.1 Å². The Kier molecular flexibility index (Phi) is 3.40. The van der Waals surface area contributed by atoms with Crippen molar-refractivity contribution in [1.82, 2.24) is 4.98 Å². The molecule has 0 bridgehead atoms. The molecule has 2 nitrogen and oxygen atoms in total. The second kappa shape index (κ2) is 4.80. The van der Waals surface area contributed by atoms with E-state index in [1.807, 2.05) is 0 Å². The van der Waals surface area contributed by atoms with E-state index in [2.05, 4.69) is 4.98 Å². The fraction of sp³-hybridized carbons (Fsp3) is 0.100. The van der Waals surface area contributed by atoms with E-state index in [1.54, 1.807) is 11.7 Å². The number of nitrogen functional groups attached to an aromatic ring is 1. The molecule has 0 unspecified atom stereocenters. The predicted octanol–water partition coefficient (Wildman–Crippen LogP) is 3.30. The number of hydrogen-bond donors (Lipinski definition) is 1. The fourth-order valence-electron chi connectivity index (χ4n) is 1.17. The van der Waals surface area contributed by atoms with Crippen LogP contribution in [0.4, 0.5) is 14.5 Å². The summed E-state index contributed by atoms with van der Waals surface area (Å²) < 4.78 is 26.8. The van der Waals surface area contributed by atoms with Crippen molar-refractivity contribution >= 4 is 28.8 Å². The van der Waals surface area contributed by atoms with Gasteiger partial charge >= 0.3 is 0 Å². The molecule has 84 valence electrons. The zero-order valence-corrected chi connectivity index (χ0v) is 9.75. The fourth-order valence-corrected chi connectivity index (χ4v) is 2.76. The number of anilines is 1. The third kappa shape index (κ3) is 2.51. The first kappa shape index (κ1) is 11.3. The molecule has 0 radical (unpaired) electrons. The number of nitrogens with two attached hydrogens (primary N) is 1. The van der Waals surface area contributed by atoms with Gasteiger partial charge in [0.25, 0.3) is 0 Å². The summed E-state index contributed by atoms with van der Waals surface area (Å²) in [5.41, 5.74) is 7.10. The van der Waals surface area contributed by atoms with Crippen LogP contribution in [0.25, 0.3) is 0 Å². The van der Waals surface area contributed by atoms with Crippen LogP contribution in [0.3, 0.4) is 0 Å². The van der Waals surface area contributed by atoms with Crippen molar-refractivity contribution in [3.8, 4) is 0 Å². The van der Waals surface area contributed by atoms with Gasteiger partial charge in [0, 0.05) is 22.5 Å². The average Bonchev–Trinajstić information content (AvgIpc) is 2.68. The maximum absolute atomic E-state index is 13.4. The summed E-state index contributed by atoms with van der Waals surface area (Å²) in [5.74, 6) is -0.735. The number of hydrogen-bond acceptors (Lipinski definition) is 4. The van der Waals surface area contributed by atoms with Crippen LogP contribution in [0.1, 0.15) is 4.88 Å². The highest BCUT2D eigenvalue weighted by molar-refractivity contribution is 7.98. The topological polar surface area (TPSA) is 38.9 Å². The molecule has 1 aromatic heterocycles. The molecular weight excluding hydrogens is 250 g/mol. The number of aromatic nitrogens is 1. The van der Waals surface area contributed by atoms with E-state index in [1.165, 1.54) is 11.3 Å². The number of nitrogens with zero attached hydrogens (tertiary/aromatic N) is 1. The quantitative estimate of drug-likeness (QED) is 0.678. The summed E-state index contributed by atoms with van der Waals surface area (Å²) in [4.78, 5) is 4.87. The first-order valence-corrected chi connectivity index (χ1v) is 6.28. The summed E-state index contributed by atoms with van der Waals surface area (Å²) >= 11 is 2.56. The molecule has 0 saturated heterocycles. The summed E-state index contributed by atoms with van der Waals surface area (Å²) in [5, 5.41) is 0. The Morgan fingerprint density at radius 2 is 2.00 bits per heavy atom. The highest BCUT2D eigenvalue weighted by Crippen LogP contribution is 2.30. The van der Waals surface area contributed by atoms with E-state index in [9.17, 15) is 8.78 Å². The van der Waals surface area contributed by atoms with Crippen LogP contribution < -0.4 is 5.73 Å². The van der Waals surface area contributed by atoms with Crippen LogP contribution in [0, 0.1) is 11.6 Å². The lowest BCUT2D eigenvalue weighted by atomic mass is 10.3. The molecule has 0 aliphatic rings. The molecule has 2 aromatic rings. The second-order valence-electron chi connectivity index (χ2n) is 3.07. The van der Waals surface area contributed by atoms with E-state index >= 15 is 0 Å². The molecule has 0 amide bonds. The minimum absolute atomic E-state index is 0.00241. The first-order valence-electron chi connectivity index (χ1n) is 4.41. The minimum atomic E-state index is -0.619. The molecule has 0 aliphatic carbocycles. The van der Waals surface area contributed by atoms with E-state index in [4.69, 9.17) is 5.73 Å². The molecule has 6 heteroatoms. The minimum Gasteiger partial charge on any atom is -0.399 e.